The van der Waals surface area contributed by atoms with Gasteiger partial charge in [-0.25, -0.2) is 4.79 Å². The highest BCUT2D eigenvalue weighted by Gasteiger charge is 2.24. The van der Waals surface area contributed by atoms with Crippen molar-refractivity contribution in [2.45, 2.75) is 19.0 Å². The van der Waals surface area contributed by atoms with E-state index < -0.39 is 11.6 Å². The molecule has 1 atom stereocenters. The molecule has 0 bridgehead atoms. The molecule has 0 heterocycles. The third kappa shape index (κ3) is 4.73. The van der Waals surface area contributed by atoms with Crippen LogP contribution in [0.1, 0.15) is 29.3 Å². The van der Waals surface area contributed by atoms with Crippen molar-refractivity contribution in [2.24, 2.45) is 0 Å². The van der Waals surface area contributed by atoms with Crippen molar-refractivity contribution in [1.82, 2.24) is 0 Å². The Bertz CT molecular complexity index is 807. The van der Waals surface area contributed by atoms with Gasteiger partial charge in [0.1, 0.15) is 5.56 Å². The van der Waals surface area contributed by atoms with Gasteiger partial charge in [-0.15, -0.1) is 0 Å². The SMILES string of the molecule is CCC(=O)Nc1cccc(Nc2cccc(C(F)(F)P)c2)c1C(=O)O. The third-order valence-electron chi connectivity index (χ3n) is 3.40. The van der Waals surface area contributed by atoms with E-state index in [0.717, 1.165) is 0 Å². The fraction of sp³-hybridized carbons (Fsp3) is 0.176. The Kier molecular flexibility index (Phi) is 5.69. The summed E-state index contributed by atoms with van der Waals surface area (Å²) < 4.78 is 26.8. The number of amides is 1. The number of hydrogen-bond donors (Lipinski definition) is 3. The molecular formula is C17H17F2N2O3P. The average molecular weight is 366 g/mol. The number of nitrogens with one attached hydrogen (secondary N) is 2. The summed E-state index contributed by atoms with van der Waals surface area (Å²) in [4.78, 5) is 23.2. The lowest BCUT2D eigenvalue weighted by molar-refractivity contribution is -0.115. The molecule has 0 saturated heterocycles. The number of aromatic carboxylic acids is 1. The van der Waals surface area contributed by atoms with Gasteiger partial charge in [0.25, 0.3) is 5.66 Å². The zero-order valence-corrected chi connectivity index (χ0v) is 14.5. The van der Waals surface area contributed by atoms with Crippen molar-refractivity contribution in [2.75, 3.05) is 10.6 Å². The molecule has 132 valence electrons. The summed E-state index contributed by atoms with van der Waals surface area (Å²) in [6, 6.07) is 10.0. The Hall–Kier alpha value is -2.53. The van der Waals surface area contributed by atoms with Crippen molar-refractivity contribution >= 4 is 38.2 Å². The van der Waals surface area contributed by atoms with Gasteiger partial charge in [-0.3, -0.25) is 4.79 Å². The number of anilines is 3. The van der Waals surface area contributed by atoms with E-state index in [-0.39, 0.29) is 34.8 Å². The predicted molar refractivity (Wildman–Crippen MR) is 95.7 cm³/mol. The number of carbonyl (C=O) groups excluding carboxylic acids is 1. The smallest absolute Gasteiger partial charge is 0.339 e. The normalized spacial score (nSPS) is 11.0. The quantitative estimate of drug-likeness (QED) is 0.662. The van der Waals surface area contributed by atoms with E-state index in [4.69, 9.17) is 0 Å². The Morgan fingerprint density at radius 3 is 2.40 bits per heavy atom. The molecule has 25 heavy (non-hydrogen) atoms. The Morgan fingerprint density at radius 1 is 1.16 bits per heavy atom. The second kappa shape index (κ2) is 7.57. The Morgan fingerprint density at radius 2 is 1.80 bits per heavy atom. The highest BCUT2D eigenvalue weighted by Crippen LogP contribution is 2.36. The summed E-state index contributed by atoms with van der Waals surface area (Å²) in [5.41, 5.74) is -2.84. The van der Waals surface area contributed by atoms with Crippen molar-refractivity contribution in [3.8, 4) is 0 Å². The number of halogens is 2. The molecule has 0 radical (unpaired) electrons. The summed E-state index contributed by atoms with van der Waals surface area (Å²) >= 11 is 0. The van der Waals surface area contributed by atoms with Crippen LogP contribution in [0, 0.1) is 0 Å². The topological polar surface area (TPSA) is 78.4 Å². The summed E-state index contributed by atoms with van der Waals surface area (Å²) in [6.45, 7) is 1.65. The molecule has 2 aromatic carbocycles. The third-order valence-corrected chi connectivity index (χ3v) is 3.73. The largest absolute Gasteiger partial charge is 0.478 e. The number of alkyl halides is 2. The average Bonchev–Trinajstić information content (AvgIpc) is 2.54. The highest BCUT2D eigenvalue weighted by atomic mass is 31.0. The summed E-state index contributed by atoms with van der Waals surface area (Å²) in [7, 11) is 1.45. The van der Waals surface area contributed by atoms with E-state index in [1.165, 1.54) is 39.6 Å². The van der Waals surface area contributed by atoms with E-state index in [0.29, 0.717) is 5.69 Å². The molecule has 0 aliphatic rings. The maximum atomic E-state index is 13.4. The van der Waals surface area contributed by atoms with Gasteiger partial charge < -0.3 is 15.7 Å². The number of carbonyl (C=O) groups is 2. The molecular weight excluding hydrogens is 349 g/mol. The van der Waals surface area contributed by atoms with Crippen LogP contribution in [0.3, 0.4) is 0 Å². The minimum absolute atomic E-state index is 0.136. The second-order valence-corrected chi connectivity index (χ2v) is 5.99. The molecule has 8 heteroatoms. The Balaban J connectivity index is 2.41. The van der Waals surface area contributed by atoms with Gasteiger partial charge in [0.15, 0.2) is 0 Å². The van der Waals surface area contributed by atoms with E-state index in [9.17, 15) is 23.5 Å². The first kappa shape index (κ1) is 18.8. The zero-order chi connectivity index (χ0) is 18.6. The molecule has 3 N–H and O–H groups in total. The maximum absolute atomic E-state index is 13.4. The van der Waals surface area contributed by atoms with Gasteiger partial charge in [-0.2, -0.15) is 8.78 Å². The number of rotatable bonds is 6. The molecule has 0 aliphatic carbocycles. The van der Waals surface area contributed by atoms with Gasteiger partial charge >= 0.3 is 5.97 Å². The minimum atomic E-state index is -3.09. The number of carboxylic acids is 1. The molecule has 2 rings (SSSR count). The first-order chi connectivity index (χ1) is 11.7. The minimum Gasteiger partial charge on any atom is -0.478 e. The standard InChI is InChI=1S/C17H17F2N2O3P/c1-2-14(22)21-13-8-4-7-12(15(13)16(23)24)20-11-6-3-5-10(9-11)17(18,19)25/h3-9,20H,2,25H2,1H3,(H,21,22)(H,23,24). The van der Waals surface area contributed by atoms with Gasteiger partial charge in [-0.1, -0.05) is 34.4 Å². The van der Waals surface area contributed by atoms with Crippen LogP contribution in [-0.2, 0) is 10.5 Å². The fourth-order valence-electron chi connectivity index (χ4n) is 2.19. The number of hydrogen-bond acceptors (Lipinski definition) is 3. The van der Waals surface area contributed by atoms with Gasteiger partial charge in [0.05, 0.1) is 11.4 Å². The van der Waals surface area contributed by atoms with Crippen LogP contribution in [-0.4, -0.2) is 17.0 Å². The summed E-state index contributed by atoms with van der Waals surface area (Å²) in [5.74, 6) is -1.58. The van der Waals surface area contributed by atoms with E-state index in [1.807, 2.05) is 0 Å². The summed E-state index contributed by atoms with van der Waals surface area (Å²) in [6.07, 6.45) is 0.196. The van der Waals surface area contributed by atoms with Crippen LogP contribution in [0.2, 0.25) is 0 Å². The van der Waals surface area contributed by atoms with Crippen molar-refractivity contribution < 1.29 is 23.5 Å². The van der Waals surface area contributed by atoms with Crippen molar-refractivity contribution in [1.29, 1.82) is 0 Å². The van der Waals surface area contributed by atoms with Crippen molar-refractivity contribution in [3.63, 3.8) is 0 Å². The molecule has 1 amide bonds. The van der Waals surface area contributed by atoms with Gasteiger partial charge in [0, 0.05) is 17.7 Å². The molecule has 0 fully saturated rings. The second-order valence-electron chi connectivity index (χ2n) is 5.26. The maximum Gasteiger partial charge on any atom is 0.339 e. The van der Waals surface area contributed by atoms with Crippen LogP contribution in [0.25, 0.3) is 0 Å². The van der Waals surface area contributed by atoms with Gasteiger partial charge in [-0.05, 0) is 24.3 Å². The summed E-state index contributed by atoms with van der Waals surface area (Å²) in [5, 5.41) is 14.8. The van der Waals surface area contributed by atoms with Crippen molar-refractivity contribution in [3.05, 3.63) is 53.6 Å². The van der Waals surface area contributed by atoms with Crippen LogP contribution in [0.4, 0.5) is 25.8 Å². The van der Waals surface area contributed by atoms with Crippen LogP contribution >= 0.6 is 9.24 Å². The molecule has 0 spiro atoms. The molecule has 0 saturated carbocycles. The van der Waals surface area contributed by atoms with E-state index in [1.54, 1.807) is 19.1 Å². The highest BCUT2D eigenvalue weighted by molar-refractivity contribution is 7.17. The van der Waals surface area contributed by atoms with E-state index in [2.05, 4.69) is 10.6 Å². The van der Waals surface area contributed by atoms with Gasteiger partial charge in [0.2, 0.25) is 5.91 Å². The number of carboxylic acid groups (broad SMARTS) is 1. The molecule has 0 aromatic heterocycles. The lowest BCUT2D eigenvalue weighted by Gasteiger charge is -2.16. The lowest BCUT2D eigenvalue weighted by atomic mass is 10.1. The van der Waals surface area contributed by atoms with Crippen LogP contribution in [0.5, 0.6) is 0 Å². The van der Waals surface area contributed by atoms with Crippen LogP contribution in [0.15, 0.2) is 42.5 Å². The molecule has 1 unspecified atom stereocenters. The van der Waals surface area contributed by atoms with E-state index >= 15 is 0 Å². The molecule has 2 aromatic rings. The van der Waals surface area contributed by atoms with Crippen LogP contribution < -0.4 is 10.6 Å². The molecule has 5 nitrogen and oxygen atoms in total. The zero-order valence-electron chi connectivity index (χ0n) is 13.3. The first-order valence-corrected chi connectivity index (χ1v) is 8.00. The fourth-order valence-corrected chi connectivity index (χ4v) is 2.37. The molecule has 0 aliphatic heterocycles. The monoisotopic (exact) mass is 366 g/mol. The lowest BCUT2D eigenvalue weighted by Crippen LogP contribution is -2.14. The Labute approximate surface area is 145 Å². The predicted octanol–water partition coefficient (Wildman–Crippen LogP) is 4.40. The first-order valence-electron chi connectivity index (χ1n) is 7.42. The number of benzene rings is 2.